The zero-order valence-corrected chi connectivity index (χ0v) is 19.8. The lowest BCUT2D eigenvalue weighted by Gasteiger charge is -2.19. The van der Waals surface area contributed by atoms with Gasteiger partial charge in [-0.25, -0.2) is 13.2 Å². The summed E-state index contributed by atoms with van der Waals surface area (Å²) < 4.78 is 28.9. The highest BCUT2D eigenvalue weighted by Gasteiger charge is 2.26. The van der Waals surface area contributed by atoms with E-state index in [-0.39, 0.29) is 21.7 Å². The van der Waals surface area contributed by atoms with Gasteiger partial charge in [0.2, 0.25) is 0 Å². The number of carbonyl (C=O) groups excluding carboxylic acids is 1. The van der Waals surface area contributed by atoms with Crippen molar-refractivity contribution in [2.75, 3.05) is 5.32 Å². The van der Waals surface area contributed by atoms with Gasteiger partial charge in [-0.15, -0.1) is 0 Å². The Balaban J connectivity index is 2.13. The molecule has 7 nitrogen and oxygen atoms in total. The maximum Gasteiger partial charge on any atom is 0.328 e. The summed E-state index contributed by atoms with van der Waals surface area (Å²) in [6, 6.07) is 10.3. The average molecular weight is 444 g/mol. The van der Waals surface area contributed by atoms with Gasteiger partial charge in [-0.05, 0) is 49.1 Å². The lowest BCUT2D eigenvalue weighted by Crippen LogP contribution is -2.19. The van der Waals surface area contributed by atoms with E-state index in [0.717, 1.165) is 5.56 Å². The molecule has 166 valence electrons. The van der Waals surface area contributed by atoms with Crippen LogP contribution >= 0.6 is 0 Å². The average Bonchev–Trinajstić information content (AvgIpc) is 2.90. The maximum absolute atomic E-state index is 13.0. The number of rotatable bonds is 4. The first-order valence-corrected chi connectivity index (χ1v) is 11.6. The third-order valence-electron chi connectivity index (χ3n) is 5.56. The number of imidazole rings is 1. The number of hydrogen-bond acceptors (Lipinski definition) is 4. The van der Waals surface area contributed by atoms with Gasteiger partial charge in [0, 0.05) is 19.7 Å². The molecule has 0 unspecified atom stereocenters. The Morgan fingerprint density at radius 2 is 1.48 bits per heavy atom. The molecule has 0 fully saturated rings. The minimum absolute atomic E-state index is 0.00383. The molecule has 0 saturated heterocycles. The highest BCUT2D eigenvalue weighted by atomic mass is 32.2. The van der Waals surface area contributed by atoms with Gasteiger partial charge in [0.05, 0.1) is 26.9 Å². The minimum atomic E-state index is -3.71. The molecule has 1 N–H and O–H groups in total. The fourth-order valence-electron chi connectivity index (χ4n) is 3.43. The fourth-order valence-corrected chi connectivity index (χ4v) is 4.63. The first kappa shape index (κ1) is 22.8. The van der Waals surface area contributed by atoms with Crippen molar-refractivity contribution in [2.24, 2.45) is 14.1 Å². The molecule has 3 rings (SSSR count). The molecule has 0 saturated carbocycles. The van der Waals surface area contributed by atoms with Crippen molar-refractivity contribution >= 4 is 32.5 Å². The third kappa shape index (κ3) is 4.04. The van der Waals surface area contributed by atoms with Gasteiger partial charge in [-0.3, -0.25) is 13.9 Å². The molecule has 0 aliphatic rings. The van der Waals surface area contributed by atoms with Gasteiger partial charge in [-0.2, -0.15) is 0 Å². The zero-order chi connectivity index (χ0) is 23.3. The largest absolute Gasteiger partial charge is 0.328 e. The molecule has 0 aliphatic carbocycles. The number of aromatic nitrogens is 2. The SMILES string of the molecule is CC(C)S(=O)(=O)c1cc2c(cc1NC(=O)c1ccc(C(C)(C)C)cc1)n(C)c(=O)n2C. The lowest BCUT2D eigenvalue weighted by atomic mass is 9.87. The van der Waals surface area contributed by atoms with Gasteiger partial charge < -0.3 is 5.32 Å². The standard InChI is InChI=1S/C23H29N3O4S/c1-14(2)31(29,30)20-13-19-18(25(6)22(28)26(19)7)12-17(20)24-21(27)15-8-10-16(11-9-15)23(3,4)5/h8-14H,1-7H3,(H,24,27). The van der Waals surface area contributed by atoms with E-state index in [2.05, 4.69) is 26.1 Å². The van der Waals surface area contributed by atoms with E-state index in [1.165, 1.54) is 15.2 Å². The van der Waals surface area contributed by atoms with E-state index in [4.69, 9.17) is 0 Å². The second-order valence-electron chi connectivity index (χ2n) is 9.11. The van der Waals surface area contributed by atoms with Crippen LogP contribution in [0.3, 0.4) is 0 Å². The Morgan fingerprint density at radius 1 is 0.968 bits per heavy atom. The molecule has 3 aromatic rings. The monoisotopic (exact) mass is 443 g/mol. The van der Waals surface area contributed by atoms with Crippen LogP contribution in [0, 0.1) is 0 Å². The first-order chi connectivity index (χ1) is 14.2. The highest BCUT2D eigenvalue weighted by Crippen LogP contribution is 2.30. The van der Waals surface area contributed by atoms with Crippen molar-refractivity contribution in [1.29, 1.82) is 0 Å². The molecule has 0 bridgehead atoms. The lowest BCUT2D eigenvalue weighted by molar-refractivity contribution is 0.102. The number of carbonyl (C=O) groups is 1. The Bertz CT molecular complexity index is 1320. The van der Waals surface area contributed by atoms with Crippen molar-refractivity contribution in [3.05, 3.63) is 58.0 Å². The second kappa shape index (κ2) is 7.67. The number of nitrogens with zero attached hydrogens (tertiary/aromatic N) is 2. The van der Waals surface area contributed by atoms with Crippen LogP contribution in [0.25, 0.3) is 11.0 Å². The Hall–Kier alpha value is -2.87. The van der Waals surface area contributed by atoms with Gasteiger partial charge >= 0.3 is 5.69 Å². The molecule has 31 heavy (non-hydrogen) atoms. The summed E-state index contributed by atoms with van der Waals surface area (Å²) in [5.74, 6) is -0.416. The van der Waals surface area contributed by atoms with Crippen LogP contribution in [0.2, 0.25) is 0 Å². The molecule has 1 heterocycles. The zero-order valence-electron chi connectivity index (χ0n) is 19.0. The predicted molar refractivity (Wildman–Crippen MR) is 124 cm³/mol. The molecule has 1 amide bonds. The summed E-state index contributed by atoms with van der Waals surface area (Å²) >= 11 is 0. The van der Waals surface area contributed by atoms with Crippen LogP contribution in [0.15, 0.2) is 46.1 Å². The van der Waals surface area contributed by atoms with Crippen molar-refractivity contribution in [3.8, 4) is 0 Å². The number of sulfone groups is 1. The summed E-state index contributed by atoms with van der Waals surface area (Å²) in [7, 11) is -0.515. The number of nitrogens with one attached hydrogen (secondary N) is 1. The number of aryl methyl sites for hydroxylation is 2. The summed E-state index contributed by atoms with van der Waals surface area (Å²) in [6.07, 6.45) is 0. The van der Waals surface area contributed by atoms with E-state index in [1.807, 2.05) is 12.1 Å². The van der Waals surface area contributed by atoms with Crippen LogP contribution < -0.4 is 11.0 Å². The third-order valence-corrected chi connectivity index (χ3v) is 7.75. The van der Waals surface area contributed by atoms with E-state index >= 15 is 0 Å². The molecule has 1 aromatic heterocycles. The predicted octanol–water partition coefficient (Wildman–Crippen LogP) is 3.61. The topological polar surface area (TPSA) is 90.2 Å². The normalized spacial score (nSPS) is 12.5. The van der Waals surface area contributed by atoms with E-state index in [0.29, 0.717) is 16.6 Å². The smallest absolute Gasteiger partial charge is 0.321 e. The van der Waals surface area contributed by atoms with Gasteiger partial charge in [0.15, 0.2) is 9.84 Å². The Labute approximate surface area is 182 Å². The highest BCUT2D eigenvalue weighted by molar-refractivity contribution is 7.92. The molecular formula is C23H29N3O4S. The van der Waals surface area contributed by atoms with Gasteiger partial charge in [-0.1, -0.05) is 32.9 Å². The Kier molecular flexibility index (Phi) is 5.65. The quantitative estimate of drug-likeness (QED) is 0.667. The van der Waals surface area contributed by atoms with Crippen molar-refractivity contribution < 1.29 is 13.2 Å². The van der Waals surface area contributed by atoms with Gasteiger partial charge in [0.1, 0.15) is 0 Å². The number of anilines is 1. The van der Waals surface area contributed by atoms with Crippen LogP contribution in [0.1, 0.15) is 50.5 Å². The Morgan fingerprint density at radius 3 is 1.97 bits per heavy atom. The van der Waals surface area contributed by atoms with Crippen LogP contribution in [-0.2, 0) is 29.3 Å². The van der Waals surface area contributed by atoms with Crippen molar-refractivity contribution in [3.63, 3.8) is 0 Å². The fraction of sp³-hybridized carbons (Fsp3) is 0.391. The van der Waals surface area contributed by atoms with E-state index in [1.54, 1.807) is 46.1 Å². The summed E-state index contributed by atoms with van der Waals surface area (Å²) in [4.78, 5) is 25.3. The van der Waals surface area contributed by atoms with Crippen LogP contribution in [-0.4, -0.2) is 28.7 Å². The second-order valence-corrected chi connectivity index (χ2v) is 11.6. The molecule has 0 radical (unpaired) electrons. The molecule has 0 spiro atoms. The molecule has 0 aliphatic heterocycles. The number of hydrogen-bond donors (Lipinski definition) is 1. The van der Waals surface area contributed by atoms with Crippen LogP contribution in [0.4, 0.5) is 5.69 Å². The maximum atomic E-state index is 13.0. The number of amides is 1. The molecule has 8 heteroatoms. The number of fused-ring (bicyclic) bond motifs is 1. The first-order valence-electron chi connectivity index (χ1n) is 10.1. The van der Waals surface area contributed by atoms with Crippen molar-refractivity contribution in [1.82, 2.24) is 9.13 Å². The van der Waals surface area contributed by atoms with E-state index < -0.39 is 21.0 Å². The van der Waals surface area contributed by atoms with Crippen LogP contribution in [0.5, 0.6) is 0 Å². The van der Waals surface area contributed by atoms with Crippen molar-refractivity contribution in [2.45, 2.75) is 50.2 Å². The molecular weight excluding hydrogens is 414 g/mol. The summed E-state index contributed by atoms with van der Waals surface area (Å²) in [6.45, 7) is 9.43. The minimum Gasteiger partial charge on any atom is -0.321 e. The summed E-state index contributed by atoms with van der Waals surface area (Å²) in [5.41, 5.74) is 2.37. The molecule has 0 atom stereocenters. The van der Waals surface area contributed by atoms with Gasteiger partial charge in [0.25, 0.3) is 5.91 Å². The van der Waals surface area contributed by atoms with E-state index in [9.17, 15) is 18.0 Å². The number of benzene rings is 2. The summed E-state index contributed by atoms with van der Waals surface area (Å²) in [5, 5.41) is 2.06. The molecule has 2 aromatic carbocycles.